The molecule has 0 saturated carbocycles. The van der Waals surface area contributed by atoms with E-state index in [1.165, 1.54) is 4.90 Å². The van der Waals surface area contributed by atoms with Crippen LogP contribution >= 0.6 is 11.8 Å². The van der Waals surface area contributed by atoms with Gasteiger partial charge in [-0.2, -0.15) is 0 Å². The second-order valence-electron chi connectivity index (χ2n) is 5.22. The highest BCUT2D eigenvalue weighted by Gasteiger charge is 2.34. The Hall–Kier alpha value is -2.53. The first-order valence-electron chi connectivity index (χ1n) is 7.21. The highest BCUT2D eigenvalue weighted by atomic mass is 32.2. The summed E-state index contributed by atoms with van der Waals surface area (Å²) in [5, 5.41) is -0.255. The molecule has 0 aliphatic carbocycles. The molecular weight excluding hydrogens is 308 g/mol. The van der Waals surface area contributed by atoms with Crippen molar-refractivity contribution in [1.82, 2.24) is 9.47 Å². The standard InChI is InChI=1S/C18H16N2O2S/c1-3-9-20-17(21)16(23-18(20)22)12-15-8-5-10-19(15)14-7-4-6-13(2)11-14/h3-8,10-12H,1,9H2,2H3/b16-12+. The molecule has 1 saturated heterocycles. The highest BCUT2D eigenvalue weighted by Crippen LogP contribution is 2.32. The first-order valence-corrected chi connectivity index (χ1v) is 8.02. The third-order valence-electron chi connectivity index (χ3n) is 3.52. The average molecular weight is 324 g/mol. The average Bonchev–Trinajstić information content (AvgIpc) is 3.08. The number of hydrogen-bond donors (Lipinski definition) is 0. The Balaban J connectivity index is 1.96. The Bertz CT molecular complexity index is 820. The van der Waals surface area contributed by atoms with E-state index in [4.69, 9.17) is 0 Å². The Labute approximate surface area is 139 Å². The summed E-state index contributed by atoms with van der Waals surface area (Å²) in [5.41, 5.74) is 3.04. The van der Waals surface area contributed by atoms with Gasteiger partial charge in [0.25, 0.3) is 11.1 Å². The van der Waals surface area contributed by atoms with Crippen molar-refractivity contribution in [2.45, 2.75) is 6.92 Å². The van der Waals surface area contributed by atoms with Crippen LogP contribution in [0.2, 0.25) is 0 Å². The Morgan fingerprint density at radius 3 is 2.78 bits per heavy atom. The van der Waals surface area contributed by atoms with Crippen molar-refractivity contribution in [3.8, 4) is 5.69 Å². The molecule has 2 heterocycles. The van der Waals surface area contributed by atoms with Gasteiger partial charge in [-0.3, -0.25) is 14.5 Å². The second-order valence-corrected chi connectivity index (χ2v) is 6.22. The van der Waals surface area contributed by atoms with Crippen molar-refractivity contribution < 1.29 is 9.59 Å². The van der Waals surface area contributed by atoms with Gasteiger partial charge in [0.15, 0.2) is 0 Å². The van der Waals surface area contributed by atoms with Crippen LogP contribution in [0.25, 0.3) is 11.8 Å². The second kappa shape index (κ2) is 6.30. The number of carbonyl (C=O) groups is 2. The molecule has 2 amide bonds. The number of rotatable bonds is 4. The lowest BCUT2D eigenvalue weighted by atomic mass is 10.2. The van der Waals surface area contributed by atoms with Crippen LogP contribution in [0.1, 0.15) is 11.3 Å². The largest absolute Gasteiger partial charge is 0.317 e. The third-order valence-corrected chi connectivity index (χ3v) is 4.43. The Morgan fingerprint density at radius 1 is 1.22 bits per heavy atom. The lowest BCUT2D eigenvalue weighted by molar-refractivity contribution is -0.122. The van der Waals surface area contributed by atoms with Crippen LogP contribution in [0.15, 0.2) is 60.2 Å². The van der Waals surface area contributed by atoms with Gasteiger partial charge in [-0.15, -0.1) is 6.58 Å². The van der Waals surface area contributed by atoms with Crippen molar-refractivity contribution in [3.05, 3.63) is 71.4 Å². The first-order chi connectivity index (χ1) is 11.1. The lowest BCUT2D eigenvalue weighted by Crippen LogP contribution is -2.27. The van der Waals surface area contributed by atoms with Crippen LogP contribution < -0.4 is 0 Å². The normalized spacial score (nSPS) is 16.4. The van der Waals surface area contributed by atoms with Gasteiger partial charge in [0.2, 0.25) is 0 Å². The van der Waals surface area contributed by atoms with E-state index in [9.17, 15) is 9.59 Å². The number of hydrogen-bond acceptors (Lipinski definition) is 3. The van der Waals surface area contributed by atoms with Crippen LogP contribution in [0.4, 0.5) is 4.79 Å². The van der Waals surface area contributed by atoms with E-state index in [2.05, 4.69) is 12.6 Å². The molecule has 1 aromatic carbocycles. The van der Waals surface area contributed by atoms with E-state index >= 15 is 0 Å². The number of thioether (sulfide) groups is 1. The van der Waals surface area contributed by atoms with E-state index < -0.39 is 0 Å². The molecule has 0 radical (unpaired) electrons. The molecule has 0 spiro atoms. The zero-order chi connectivity index (χ0) is 16.4. The minimum absolute atomic E-state index is 0.237. The summed E-state index contributed by atoms with van der Waals surface area (Å²) in [6, 6.07) is 11.9. The third kappa shape index (κ3) is 3.00. The van der Waals surface area contributed by atoms with E-state index in [1.807, 2.05) is 48.0 Å². The lowest BCUT2D eigenvalue weighted by Gasteiger charge is -2.09. The summed E-state index contributed by atoms with van der Waals surface area (Å²) < 4.78 is 1.99. The summed E-state index contributed by atoms with van der Waals surface area (Å²) in [7, 11) is 0. The zero-order valence-corrected chi connectivity index (χ0v) is 13.5. The van der Waals surface area contributed by atoms with Crippen molar-refractivity contribution >= 4 is 29.0 Å². The molecular formula is C18H16N2O2S. The Kier molecular flexibility index (Phi) is 4.21. The van der Waals surface area contributed by atoms with Crippen LogP contribution in [0, 0.1) is 6.92 Å². The quantitative estimate of drug-likeness (QED) is 0.630. The minimum atomic E-state index is -0.267. The molecule has 1 aliphatic rings. The molecule has 0 atom stereocenters. The van der Waals surface area contributed by atoms with E-state index in [0.717, 1.165) is 28.7 Å². The number of aromatic nitrogens is 1. The molecule has 5 heteroatoms. The van der Waals surface area contributed by atoms with Crippen molar-refractivity contribution in [3.63, 3.8) is 0 Å². The molecule has 3 rings (SSSR count). The smallest absolute Gasteiger partial charge is 0.293 e. The maximum absolute atomic E-state index is 12.3. The van der Waals surface area contributed by atoms with Gasteiger partial charge in [0.05, 0.1) is 4.91 Å². The molecule has 1 fully saturated rings. The molecule has 0 unspecified atom stereocenters. The van der Waals surface area contributed by atoms with Gasteiger partial charge in [-0.1, -0.05) is 18.2 Å². The SMILES string of the molecule is C=CCN1C(=O)S/C(=C/c2cccn2-c2cccc(C)c2)C1=O. The zero-order valence-electron chi connectivity index (χ0n) is 12.7. The monoisotopic (exact) mass is 324 g/mol. The minimum Gasteiger partial charge on any atom is -0.317 e. The fraction of sp³-hybridized carbons (Fsp3) is 0.111. The molecule has 116 valence electrons. The molecule has 0 N–H and O–H groups in total. The molecule has 1 aliphatic heterocycles. The number of amides is 2. The van der Waals surface area contributed by atoms with Gasteiger partial charge in [-0.05, 0) is 54.6 Å². The van der Waals surface area contributed by atoms with E-state index in [1.54, 1.807) is 12.2 Å². The summed E-state index contributed by atoms with van der Waals surface area (Å²) >= 11 is 0.964. The van der Waals surface area contributed by atoms with Crippen LogP contribution in [0.3, 0.4) is 0 Å². The number of aryl methyl sites for hydroxylation is 1. The fourth-order valence-corrected chi connectivity index (χ4v) is 3.28. The van der Waals surface area contributed by atoms with Gasteiger partial charge in [0, 0.05) is 24.1 Å². The molecule has 0 bridgehead atoms. The van der Waals surface area contributed by atoms with Crippen LogP contribution in [0.5, 0.6) is 0 Å². The summed E-state index contributed by atoms with van der Waals surface area (Å²) in [5.74, 6) is -0.267. The topological polar surface area (TPSA) is 42.3 Å². The molecule has 1 aromatic heterocycles. The van der Waals surface area contributed by atoms with Crippen molar-refractivity contribution in [1.29, 1.82) is 0 Å². The first kappa shape index (κ1) is 15.4. The predicted molar refractivity (Wildman–Crippen MR) is 93.4 cm³/mol. The molecule has 2 aromatic rings. The van der Waals surface area contributed by atoms with Gasteiger partial charge in [-0.25, -0.2) is 0 Å². The fourth-order valence-electron chi connectivity index (χ4n) is 2.45. The van der Waals surface area contributed by atoms with Crippen molar-refractivity contribution in [2.24, 2.45) is 0 Å². The maximum Gasteiger partial charge on any atom is 0.293 e. The summed E-state index contributed by atoms with van der Waals surface area (Å²) in [4.78, 5) is 25.8. The Morgan fingerprint density at radius 2 is 2.04 bits per heavy atom. The van der Waals surface area contributed by atoms with Gasteiger partial charge in [0.1, 0.15) is 0 Å². The van der Waals surface area contributed by atoms with E-state index in [0.29, 0.717) is 4.91 Å². The molecule has 23 heavy (non-hydrogen) atoms. The van der Waals surface area contributed by atoms with Crippen LogP contribution in [-0.4, -0.2) is 27.2 Å². The summed E-state index contributed by atoms with van der Waals surface area (Å²) in [6.07, 6.45) is 5.25. The number of imide groups is 1. The van der Waals surface area contributed by atoms with E-state index in [-0.39, 0.29) is 17.7 Å². The van der Waals surface area contributed by atoms with Crippen LogP contribution in [-0.2, 0) is 4.79 Å². The number of benzene rings is 1. The number of nitrogens with zero attached hydrogens (tertiary/aromatic N) is 2. The predicted octanol–water partition coefficient (Wildman–Crippen LogP) is 4.01. The highest BCUT2D eigenvalue weighted by molar-refractivity contribution is 8.18. The van der Waals surface area contributed by atoms with Gasteiger partial charge >= 0.3 is 0 Å². The maximum atomic E-state index is 12.3. The van der Waals surface area contributed by atoms with Gasteiger partial charge < -0.3 is 4.57 Å². The number of carbonyl (C=O) groups excluding carboxylic acids is 2. The summed E-state index contributed by atoms with van der Waals surface area (Å²) in [6.45, 7) is 5.85. The molecule has 4 nitrogen and oxygen atoms in total. The van der Waals surface area contributed by atoms with Crippen molar-refractivity contribution in [2.75, 3.05) is 6.54 Å².